The van der Waals surface area contributed by atoms with E-state index < -0.39 is 184 Å². The molecule has 70 heavy (non-hydrogen) atoms. The van der Waals surface area contributed by atoms with Crippen molar-refractivity contribution >= 4 is 10.9 Å². The van der Waals surface area contributed by atoms with Gasteiger partial charge in [0.05, 0.1) is 16.7 Å². The van der Waals surface area contributed by atoms with Crippen molar-refractivity contribution in [3.8, 4) is 0 Å². The van der Waals surface area contributed by atoms with Crippen molar-refractivity contribution in [1.82, 2.24) is 0 Å². The molecule has 0 nitrogen and oxygen atoms in total. The largest absolute Gasteiger partial charge is 0.416 e. The van der Waals surface area contributed by atoms with E-state index in [0.717, 1.165) is 0 Å². The quantitative estimate of drug-likeness (QED) is 0.131. The molecule has 398 valence electrons. The molecule has 0 aliphatic heterocycles. The number of hydrogen-bond donors (Lipinski definition) is 0. The van der Waals surface area contributed by atoms with Gasteiger partial charge in [-0.2, -0.15) is 145 Å². The first-order valence-corrected chi connectivity index (χ1v) is 16.7. The van der Waals surface area contributed by atoms with Gasteiger partial charge in [0.1, 0.15) is 10.9 Å². The lowest BCUT2D eigenvalue weighted by Gasteiger charge is -2.39. The Labute approximate surface area is 355 Å². The molecule has 40 heteroatoms. The van der Waals surface area contributed by atoms with E-state index in [1.807, 2.05) is 0 Å². The molecular formula is C30F39S+. The second-order valence-corrected chi connectivity index (χ2v) is 14.8. The first-order chi connectivity index (χ1) is 30.5. The third-order valence-electron chi connectivity index (χ3n) is 9.23. The number of benzene rings is 3. The molecule has 0 aliphatic rings. The van der Waals surface area contributed by atoms with Gasteiger partial charge in [-0.15, -0.1) is 0 Å². The predicted molar refractivity (Wildman–Crippen MR) is 141 cm³/mol. The third kappa shape index (κ3) is 7.72. The molecule has 0 fully saturated rings. The van der Waals surface area contributed by atoms with Gasteiger partial charge in [0.2, 0.25) is 49.6 Å². The second kappa shape index (κ2) is 16.7. The second-order valence-electron chi connectivity index (χ2n) is 12.9. The van der Waals surface area contributed by atoms with E-state index in [9.17, 15) is 119 Å². The van der Waals surface area contributed by atoms with E-state index in [-0.39, 0.29) is 0 Å². The van der Waals surface area contributed by atoms with E-state index in [2.05, 4.69) is 0 Å². The molecule has 0 heterocycles. The van der Waals surface area contributed by atoms with Crippen LogP contribution in [0, 0.1) is 69.8 Å². The van der Waals surface area contributed by atoms with Gasteiger partial charge in [-0.25, -0.2) is 26.3 Å². The summed E-state index contributed by atoms with van der Waals surface area (Å²) in [6.07, 6.45) is -77.1. The van der Waals surface area contributed by atoms with Crippen LogP contribution in [0.2, 0.25) is 0 Å². The van der Waals surface area contributed by atoms with Crippen LogP contribution in [0.1, 0.15) is 16.7 Å². The molecule has 0 N–H and O–H groups in total. The normalized spacial score (nSPS) is 14.9. The lowest BCUT2D eigenvalue weighted by Crippen LogP contribution is -2.64. The van der Waals surface area contributed by atoms with Crippen LogP contribution in [0.5, 0.6) is 0 Å². The Morgan fingerprint density at radius 2 is 0.271 bits per heavy atom. The van der Waals surface area contributed by atoms with Crippen LogP contribution in [0.25, 0.3) is 0 Å². The molecule has 0 radical (unpaired) electrons. The molecule has 3 rings (SSSR count). The van der Waals surface area contributed by atoms with Crippen molar-refractivity contribution in [2.45, 2.75) is 86.5 Å². The molecule has 0 amide bonds. The van der Waals surface area contributed by atoms with Crippen molar-refractivity contribution in [1.29, 1.82) is 0 Å². The van der Waals surface area contributed by atoms with E-state index in [1.54, 1.807) is 0 Å². The van der Waals surface area contributed by atoms with Gasteiger partial charge in [-0.3, -0.25) is 0 Å². The van der Waals surface area contributed by atoms with Crippen molar-refractivity contribution in [2.75, 3.05) is 0 Å². The van der Waals surface area contributed by atoms with Gasteiger partial charge in [0.15, 0.2) is 34.9 Å². The summed E-state index contributed by atoms with van der Waals surface area (Å²) in [5.41, 5.74) is -41.5. The summed E-state index contributed by atoms with van der Waals surface area (Å²) in [7, 11) is -6.66. The minimum atomic E-state index is -8.57. The van der Waals surface area contributed by atoms with Gasteiger partial charge >= 0.3 is 55.6 Å². The maximum Gasteiger partial charge on any atom is 0.416 e. The monoisotopic (exact) mass is 1130 g/mol. The van der Waals surface area contributed by atoms with Crippen LogP contribution in [0.15, 0.2) is 14.7 Å². The van der Waals surface area contributed by atoms with Gasteiger partial charge in [-0.1, -0.05) is 0 Å². The average Bonchev–Trinajstić information content (AvgIpc) is 3.09. The lowest BCUT2D eigenvalue weighted by molar-refractivity contribution is -0.390. The third-order valence-corrected chi connectivity index (χ3v) is 11.5. The zero-order chi connectivity index (χ0) is 56.0. The molecule has 0 unspecified atom stereocenters. The molecule has 3 aromatic carbocycles. The molecule has 0 aromatic heterocycles. The molecule has 0 saturated heterocycles. The summed E-state index contributed by atoms with van der Waals surface area (Å²) in [6, 6.07) is 0. The molecular weight excluding hydrogens is 1130 g/mol. The lowest BCUT2D eigenvalue weighted by atomic mass is 9.77. The summed E-state index contributed by atoms with van der Waals surface area (Å²) in [6.45, 7) is 0. The first-order valence-electron chi connectivity index (χ1n) is 15.5. The Kier molecular flexibility index (Phi) is 14.2. The van der Waals surface area contributed by atoms with Crippen LogP contribution in [0.4, 0.5) is 171 Å². The first kappa shape index (κ1) is 59.6. The van der Waals surface area contributed by atoms with Gasteiger partial charge in [0.25, 0.3) is 16.2 Å². The van der Waals surface area contributed by atoms with Crippen molar-refractivity contribution in [2.24, 2.45) is 0 Å². The van der Waals surface area contributed by atoms with Gasteiger partial charge in [-0.05, 0) is 0 Å². The Morgan fingerprint density at radius 3 is 0.357 bits per heavy atom. The Balaban J connectivity index is 3.10. The zero-order valence-electron chi connectivity index (χ0n) is 30.1. The summed E-state index contributed by atoms with van der Waals surface area (Å²) >= 11 is 0. The molecule has 0 spiro atoms. The van der Waals surface area contributed by atoms with Crippen LogP contribution in [-0.4, -0.2) is 55.6 Å². The van der Waals surface area contributed by atoms with Crippen LogP contribution in [-0.2, 0) is 27.1 Å². The maximum absolute atomic E-state index is 15.8. The summed E-state index contributed by atoms with van der Waals surface area (Å²) in [5, 5.41) is 0. The van der Waals surface area contributed by atoms with E-state index >= 15 is 52.7 Å². The molecule has 0 atom stereocenters. The molecule has 3 aromatic rings. The van der Waals surface area contributed by atoms with E-state index in [1.165, 1.54) is 0 Å². The summed E-state index contributed by atoms with van der Waals surface area (Å²) in [5.74, 6) is -61.6. The SMILES string of the molecule is Fc1c(F)c(C(C(F)(F)F)(C(F)(F)F)C(F)(F)F)c(F)c(F)c1[S+](c1c(F)c(F)c(C(C(F)(F)F)(C(F)(F)F)C(F)(F)F)c(F)c1F)c1c(F)c(F)c(C(C(F)(F)F)(C(F)(F)F)C(F)(F)F)c(F)c1F. The zero-order valence-corrected chi connectivity index (χ0v) is 31.0. The minimum Gasteiger partial charge on any atom is -0.203 e. The minimum absolute atomic E-state index is 4.60. The van der Waals surface area contributed by atoms with Crippen LogP contribution in [0.3, 0.4) is 0 Å². The van der Waals surface area contributed by atoms with Crippen molar-refractivity contribution < 1.29 is 171 Å². The fraction of sp³-hybridized carbons (Fsp3) is 0.400. The fourth-order valence-electron chi connectivity index (χ4n) is 6.39. The highest BCUT2D eigenvalue weighted by atomic mass is 32.2. The summed E-state index contributed by atoms with van der Waals surface area (Å²) in [4.78, 5) is -13.8. The van der Waals surface area contributed by atoms with E-state index in [4.69, 9.17) is 0 Å². The van der Waals surface area contributed by atoms with Crippen molar-refractivity contribution in [3.63, 3.8) is 0 Å². The Hall–Kier alpha value is -4.72. The molecule has 0 bridgehead atoms. The number of alkyl halides is 27. The van der Waals surface area contributed by atoms with Gasteiger partial charge < -0.3 is 0 Å². The predicted octanol–water partition coefficient (Wildman–Crippen LogP) is 15.2. The smallest absolute Gasteiger partial charge is 0.203 e. The highest BCUT2D eigenvalue weighted by molar-refractivity contribution is 7.97. The van der Waals surface area contributed by atoms with Crippen LogP contribution >= 0.6 is 0 Å². The Bertz CT molecular complexity index is 2070. The van der Waals surface area contributed by atoms with Gasteiger partial charge in [0, 0.05) is 0 Å². The maximum atomic E-state index is 15.8. The van der Waals surface area contributed by atoms with Crippen molar-refractivity contribution in [3.05, 3.63) is 86.5 Å². The number of halogens is 39. The number of rotatable bonds is 6. The topological polar surface area (TPSA) is 0 Å². The number of hydrogen-bond acceptors (Lipinski definition) is 0. The van der Waals surface area contributed by atoms with E-state index in [0.29, 0.717) is 0 Å². The highest BCUT2D eigenvalue weighted by Crippen LogP contribution is 2.66. The standard InChI is InChI=1S/C30F39S/c31-4-1(19(22(43,44)45,23(46,47)48)24(49,50)51)5(32)11(38)16(10(4)37)70(17-12(39)6(33)2(7(34)13(17)40)20(25(52,53)54,26(55,56)57)27(58,59)60)18-14(41)8(35)3(9(36)15(18)42)21(28(61,62)63,29(64,65)66)30(67,68)69/q+1. The average molecular weight is 1130 g/mol. The molecule has 0 saturated carbocycles. The van der Waals surface area contributed by atoms with Crippen LogP contribution < -0.4 is 0 Å². The highest BCUT2D eigenvalue weighted by Gasteiger charge is 2.89. The Morgan fingerprint density at radius 1 is 0.171 bits per heavy atom. The summed E-state index contributed by atoms with van der Waals surface area (Å²) < 4.78 is 559. The molecule has 0 aliphatic carbocycles. The fourth-order valence-corrected chi connectivity index (χ4v) is 8.61.